The lowest BCUT2D eigenvalue weighted by Gasteiger charge is -2.43. The highest BCUT2D eigenvalue weighted by atomic mass is 15.3. The van der Waals surface area contributed by atoms with Gasteiger partial charge < -0.3 is 10.2 Å². The maximum absolute atomic E-state index is 3.46. The summed E-state index contributed by atoms with van der Waals surface area (Å²) in [5.41, 5.74) is 0.930. The minimum absolute atomic E-state index is 0.319. The Labute approximate surface area is 119 Å². The number of piperazine rings is 1. The Morgan fingerprint density at radius 3 is 2.21 bits per heavy atom. The van der Waals surface area contributed by atoms with E-state index in [1.165, 1.54) is 52.0 Å². The molecular weight excluding hydrogens is 234 g/mol. The lowest BCUT2D eigenvalue weighted by atomic mass is 9.82. The highest BCUT2D eigenvalue weighted by molar-refractivity contribution is 4.93. The molecule has 1 N–H and O–H groups in total. The molecule has 2 aliphatic rings. The Kier molecular flexibility index (Phi) is 4.91. The van der Waals surface area contributed by atoms with Crippen molar-refractivity contribution in [3.05, 3.63) is 0 Å². The van der Waals surface area contributed by atoms with E-state index >= 15 is 0 Å². The van der Waals surface area contributed by atoms with Crippen molar-refractivity contribution in [1.82, 2.24) is 15.1 Å². The molecule has 3 nitrogen and oxygen atoms in total. The van der Waals surface area contributed by atoms with E-state index in [2.05, 4.69) is 42.8 Å². The summed E-state index contributed by atoms with van der Waals surface area (Å²) >= 11 is 0. The van der Waals surface area contributed by atoms with Crippen LogP contribution in [0.2, 0.25) is 0 Å². The minimum Gasteiger partial charge on any atom is -0.314 e. The van der Waals surface area contributed by atoms with Gasteiger partial charge in [0.15, 0.2) is 0 Å². The van der Waals surface area contributed by atoms with E-state index in [-0.39, 0.29) is 0 Å². The lowest BCUT2D eigenvalue weighted by Crippen LogP contribution is -2.57. The van der Waals surface area contributed by atoms with Gasteiger partial charge in [-0.25, -0.2) is 0 Å². The molecule has 0 saturated carbocycles. The number of hydrogen-bond acceptors (Lipinski definition) is 3. The molecule has 112 valence electrons. The smallest absolute Gasteiger partial charge is 0.0281 e. The molecule has 0 bridgehead atoms. The third-order valence-corrected chi connectivity index (χ3v) is 5.60. The van der Waals surface area contributed by atoms with E-state index in [0.717, 1.165) is 13.1 Å². The first-order chi connectivity index (χ1) is 9.01. The van der Waals surface area contributed by atoms with E-state index in [1.807, 2.05) is 0 Å². The third-order valence-electron chi connectivity index (χ3n) is 5.60. The number of nitrogens with one attached hydrogen (secondary N) is 1. The average molecular weight is 267 g/mol. The van der Waals surface area contributed by atoms with Crippen LogP contribution >= 0.6 is 0 Å². The molecular formula is C16H33N3. The molecule has 0 aromatic heterocycles. The van der Waals surface area contributed by atoms with Crippen molar-refractivity contribution in [3.63, 3.8) is 0 Å². The van der Waals surface area contributed by atoms with Crippen LogP contribution in [-0.2, 0) is 0 Å². The maximum atomic E-state index is 3.46. The molecule has 0 radical (unpaired) electrons. The van der Waals surface area contributed by atoms with E-state index < -0.39 is 0 Å². The molecule has 0 unspecified atom stereocenters. The zero-order valence-corrected chi connectivity index (χ0v) is 13.5. The van der Waals surface area contributed by atoms with Crippen LogP contribution in [0, 0.1) is 5.41 Å². The van der Waals surface area contributed by atoms with Gasteiger partial charge in [0.1, 0.15) is 0 Å². The van der Waals surface area contributed by atoms with Crippen molar-refractivity contribution in [1.29, 1.82) is 0 Å². The monoisotopic (exact) mass is 267 g/mol. The average Bonchev–Trinajstić information content (AvgIpc) is 2.83. The molecule has 19 heavy (non-hydrogen) atoms. The normalized spacial score (nSPS) is 25.9. The number of hydrogen-bond donors (Lipinski definition) is 1. The highest BCUT2D eigenvalue weighted by Gasteiger charge is 2.38. The second-order valence-corrected chi connectivity index (χ2v) is 7.22. The zero-order chi connectivity index (χ0) is 13.9. The molecule has 3 heteroatoms. The molecule has 0 aromatic rings. The van der Waals surface area contributed by atoms with Gasteiger partial charge in [-0.1, -0.05) is 13.8 Å². The molecule has 2 fully saturated rings. The Hall–Kier alpha value is -0.120. The SMILES string of the molecule is CCC1(CC)CCN(CC(C)(C)N2CCNCC2)C1. The van der Waals surface area contributed by atoms with Gasteiger partial charge in [-0.15, -0.1) is 0 Å². The minimum atomic E-state index is 0.319. The molecule has 2 rings (SSSR count). The van der Waals surface area contributed by atoms with Crippen LogP contribution < -0.4 is 5.32 Å². The van der Waals surface area contributed by atoms with Crippen molar-refractivity contribution < 1.29 is 0 Å². The van der Waals surface area contributed by atoms with E-state index in [9.17, 15) is 0 Å². The van der Waals surface area contributed by atoms with E-state index in [0.29, 0.717) is 11.0 Å². The Bertz CT molecular complexity index is 278. The first kappa shape index (κ1) is 15.3. The fourth-order valence-electron chi connectivity index (χ4n) is 3.91. The van der Waals surface area contributed by atoms with Crippen LogP contribution in [0.25, 0.3) is 0 Å². The molecule has 0 aromatic carbocycles. The van der Waals surface area contributed by atoms with Gasteiger partial charge in [-0.05, 0) is 45.1 Å². The second kappa shape index (κ2) is 6.11. The van der Waals surface area contributed by atoms with Crippen molar-refractivity contribution in [2.45, 2.75) is 52.5 Å². The van der Waals surface area contributed by atoms with Gasteiger partial charge in [0, 0.05) is 44.8 Å². The summed E-state index contributed by atoms with van der Waals surface area (Å²) < 4.78 is 0. The van der Waals surface area contributed by atoms with Crippen molar-refractivity contribution in [2.75, 3.05) is 45.8 Å². The van der Waals surface area contributed by atoms with Gasteiger partial charge in [-0.3, -0.25) is 4.90 Å². The first-order valence-electron chi connectivity index (χ1n) is 8.19. The molecule has 2 aliphatic heterocycles. The van der Waals surface area contributed by atoms with Crippen molar-refractivity contribution in [2.24, 2.45) is 5.41 Å². The molecule has 0 amide bonds. The largest absolute Gasteiger partial charge is 0.314 e. The summed E-state index contributed by atoms with van der Waals surface area (Å²) in [6.07, 6.45) is 4.08. The molecule has 2 saturated heterocycles. The van der Waals surface area contributed by atoms with Crippen LogP contribution in [-0.4, -0.2) is 61.2 Å². The van der Waals surface area contributed by atoms with Gasteiger partial charge in [0.25, 0.3) is 0 Å². The lowest BCUT2D eigenvalue weighted by molar-refractivity contribution is 0.0663. The third kappa shape index (κ3) is 3.50. The summed E-state index contributed by atoms with van der Waals surface area (Å²) in [6.45, 7) is 18.1. The number of nitrogens with zero attached hydrogens (tertiary/aromatic N) is 2. The predicted octanol–water partition coefficient (Wildman–Crippen LogP) is 2.18. The van der Waals surface area contributed by atoms with Crippen molar-refractivity contribution in [3.8, 4) is 0 Å². The summed E-state index contributed by atoms with van der Waals surface area (Å²) in [6, 6.07) is 0. The standard InChI is InChI=1S/C16H33N3/c1-5-16(6-2)7-10-18(14-16)13-15(3,4)19-11-8-17-9-12-19/h17H,5-14H2,1-4H3. The summed E-state index contributed by atoms with van der Waals surface area (Å²) in [7, 11) is 0. The predicted molar refractivity (Wildman–Crippen MR) is 82.6 cm³/mol. The number of rotatable bonds is 5. The van der Waals surface area contributed by atoms with Crippen LogP contribution in [0.5, 0.6) is 0 Å². The van der Waals surface area contributed by atoms with E-state index in [1.54, 1.807) is 0 Å². The van der Waals surface area contributed by atoms with Gasteiger partial charge in [-0.2, -0.15) is 0 Å². The number of likely N-dealkylation sites (tertiary alicyclic amines) is 1. The summed E-state index contributed by atoms with van der Waals surface area (Å²) in [5, 5.41) is 3.46. The Balaban J connectivity index is 1.90. The van der Waals surface area contributed by atoms with Crippen LogP contribution in [0.3, 0.4) is 0 Å². The van der Waals surface area contributed by atoms with Gasteiger partial charge >= 0.3 is 0 Å². The molecule has 0 atom stereocenters. The summed E-state index contributed by atoms with van der Waals surface area (Å²) in [5.74, 6) is 0. The molecule has 2 heterocycles. The van der Waals surface area contributed by atoms with Crippen LogP contribution in [0.1, 0.15) is 47.0 Å². The van der Waals surface area contributed by atoms with E-state index in [4.69, 9.17) is 0 Å². The van der Waals surface area contributed by atoms with Crippen LogP contribution in [0.15, 0.2) is 0 Å². The fourth-order valence-corrected chi connectivity index (χ4v) is 3.91. The van der Waals surface area contributed by atoms with Crippen molar-refractivity contribution >= 4 is 0 Å². The first-order valence-corrected chi connectivity index (χ1v) is 8.19. The molecule has 0 spiro atoms. The summed E-state index contributed by atoms with van der Waals surface area (Å²) in [4.78, 5) is 5.39. The quantitative estimate of drug-likeness (QED) is 0.824. The highest BCUT2D eigenvalue weighted by Crippen LogP contribution is 2.37. The maximum Gasteiger partial charge on any atom is 0.0281 e. The topological polar surface area (TPSA) is 18.5 Å². The van der Waals surface area contributed by atoms with Gasteiger partial charge in [0.2, 0.25) is 0 Å². The zero-order valence-electron chi connectivity index (χ0n) is 13.5. The fraction of sp³-hybridized carbons (Fsp3) is 1.00. The Morgan fingerprint density at radius 2 is 1.68 bits per heavy atom. The Morgan fingerprint density at radius 1 is 1.05 bits per heavy atom. The van der Waals surface area contributed by atoms with Crippen LogP contribution in [0.4, 0.5) is 0 Å². The van der Waals surface area contributed by atoms with Gasteiger partial charge in [0.05, 0.1) is 0 Å². The molecule has 0 aliphatic carbocycles. The second-order valence-electron chi connectivity index (χ2n) is 7.22.